The Hall–Kier alpha value is -0.453. The third-order valence-corrected chi connectivity index (χ3v) is 14.9. The lowest BCUT2D eigenvalue weighted by molar-refractivity contribution is -0.138. The predicted octanol–water partition coefficient (Wildman–Crippen LogP) is 6.27. The molecule has 1 N–H and O–H groups in total. The van der Waals surface area contributed by atoms with Gasteiger partial charge in [-0.1, -0.05) is 39.3 Å². The molecule has 3 saturated carbocycles. The lowest BCUT2D eigenvalue weighted by Crippen LogP contribution is -2.56. The summed E-state index contributed by atoms with van der Waals surface area (Å²) in [4.78, 5) is 13.1. The summed E-state index contributed by atoms with van der Waals surface area (Å²) in [6.45, 7) is 16.1. The summed E-state index contributed by atoms with van der Waals surface area (Å²) in [5.41, 5.74) is 1.22. The van der Waals surface area contributed by atoms with Gasteiger partial charge in [-0.25, -0.2) is 0 Å². The van der Waals surface area contributed by atoms with E-state index in [4.69, 9.17) is 4.43 Å². The number of hydrogen-bond donors (Lipinski definition) is 1. The Morgan fingerprint density at radius 1 is 1.13 bits per heavy atom. The number of Topliss-reactive ketones (excluding diaryl/α,β-unsaturated/α-hetero) is 1. The number of rotatable bonds is 3. The van der Waals surface area contributed by atoms with E-state index < -0.39 is 8.32 Å². The minimum atomic E-state index is -1.80. The lowest BCUT2D eigenvalue weighted by atomic mass is 9.46. The van der Waals surface area contributed by atoms with E-state index in [2.05, 4.69) is 46.9 Å². The van der Waals surface area contributed by atoms with Crippen LogP contribution in [-0.4, -0.2) is 31.4 Å². The maximum atomic E-state index is 13.1. The fourth-order valence-corrected chi connectivity index (χ4v) is 9.08. The second-order valence-electron chi connectivity index (χ2n) is 12.8. The molecule has 0 bridgehead atoms. The minimum Gasteiger partial charge on any atom is -0.413 e. The Balaban J connectivity index is 1.63. The highest BCUT2D eigenvalue weighted by molar-refractivity contribution is 6.74. The second-order valence-corrected chi connectivity index (χ2v) is 17.5. The van der Waals surface area contributed by atoms with Crippen LogP contribution in [0.4, 0.5) is 0 Å². The SMILES string of the molecule is CC(=O)[C@]12CC[C@H](O)CC1=CC[C@@H]1[C@@H]2CC[C@]2(C)[C@@H](O[Si](C)(C)C(C)(C)C)CC[C@@H]12. The summed E-state index contributed by atoms with van der Waals surface area (Å²) < 4.78 is 7.03. The topological polar surface area (TPSA) is 46.5 Å². The van der Waals surface area contributed by atoms with E-state index in [1.54, 1.807) is 0 Å². The molecule has 7 atom stereocenters. The third-order valence-electron chi connectivity index (χ3n) is 10.4. The van der Waals surface area contributed by atoms with Crippen LogP contribution in [-0.2, 0) is 9.22 Å². The molecular weight excluding hydrogens is 388 g/mol. The first-order valence-electron chi connectivity index (χ1n) is 12.4. The van der Waals surface area contributed by atoms with Crippen molar-refractivity contribution in [2.75, 3.05) is 0 Å². The molecule has 4 heteroatoms. The van der Waals surface area contributed by atoms with Crippen molar-refractivity contribution in [3.8, 4) is 0 Å². The van der Waals surface area contributed by atoms with Crippen molar-refractivity contribution in [1.82, 2.24) is 0 Å². The van der Waals surface area contributed by atoms with Gasteiger partial charge >= 0.3 is 0 Å². The van der Waals surface area contributed by atoms with E-state index in [1.165, 1.54) is 24.8 Å². The maximum Gasteiger partial charge on any atom is 0.192 e. The molecule has 30 heavy (non-hydrogen) atoms. The van der Waals surface area contributed by atoms with Gasteiger partial charge in [0.05, 0.1) is 17.6 Å². The van der Waals surface area contributed by atoms with E-state index in [-0.39, 0.29) is 22.0 Å². The van der Waals surface area contributed by atoms with Crippen molar-refractivity contribution in [2.45, 2.75) is 116 Å². The average Bonchev–Trinajstić information content (AvgIpc) is 2.96. The molecule has 4 aliphatic rings. The van der Waals surface area contributed by atoms with Gasteiger partial charge in [0.25, 0.3) is 0 Å². The van der Waals surface area contributed by atoms with Gasteiger partial charge in [-0.15, -0.1) is 0 Å². The van der Waals surface area contributed by atoms with Crippen molar-refractivity contribution >= 4 is 14.1 Å². The minimum absolute atomic E-state index is 0.239. The first-order chi connectivity index (χ1) is 13.8. The van der Waals surface area contributed by atoms with Crippen molar-refractivity contribution in [2.24, 2.45) is 28.6 Å². The number of carbonyl (C=O) groups excluding carboxylic acids is 1. The zero-order valence-electron chi connectivity index (χ0n) is 20.4. The van der Waals surface area contributed by atoms with Crippen molar-refractivity contribution < 1.29 is 14.3 Å². The summed E-state index contributed by atoms with van der Waals surface area (Å²) in [5, 5.41) is 10.5. The number of allylic oxidation sites excluding steroid dienone is 1. The highest BCUT2D eigenvalue weighted by Crippen LogP contribution is 2.66. The Labute approximate surface area is 185 Å². The fourth-order valence-electron chi connectivity index (χ4n) is 7.63. The van der Waals surface area contributed by atoms with Crippen molar-refractivity contribution in [1.29, 1.82) is 0 Å². The molecule has 0 unspecified atom stereocenters. The van der Waals surface area contributed by atoms with Gasteiger partial charge in [0.15, 0.2) is 8.32 Å². The predicted molar refractivity (Wildman–Crippen MR) is 125 cm³/mol. The van der Waals surface area contributed by atoms with Crippen LogP contribution < -0.4 is 0 Å². The van der Waals surface area contributed by atoms with Gasteiger partial charge in [-0.2, -0.15) is 0 Å². The molecule has 0 aromatic carbocycles. The van der Waals surface area contributed by atoms with Crippen LogP contribution in [0.2, 0.25) is 18.1 Å². The molecule has 0 aliphatic heterocycles. The van der Waals surface area contributed by atoms with Crippen LogP contribution in [0.15, 0.2) is 11.6 Å². The summed E-state index contributed by atoms with van der Waals surface area (Å²) >= 11 is 0. The zero-order chi connectivity index (χ0) is 22.1. The highest BCUT2D eigenvalue weighted by Gasteiger charge is 2.62. The van der Waals surface area contributed by atoms with Crippen molar-refractivity contribution in [3.05, 3.63) is 11.6 Å². The van der Waals surface area contributed by atoms with Crippen LogP contribution in [0.25, 0.3) is 0 Å². The smallest absolute Gasteiger partial charge is 0.192 e. The van der Waals surface area contributed by atoms with E-state index in [0.29, 0.717) is 36.1 Å². The quantitative estimate of drug-likeness (QED) is 0.422. The fraction of sp³-hybridized carbons (Fsp3) is 0.885. The monoisotopic (exact) mass is 432 g/mol. The summed E-state index contributed by atoms with van der Waals surface area (Å²) in [7, 11) is -1.80. The standard InChI is InChI=1S/C26H44O3Si/c1-17(27)26-15-12-19(28)16-18(26)8-9-20-21-10-11-23(25(21,5)14-13-22(20)26)29-30(6,7)24(2,3)4/h8,19-23,28H,9-16H2,1-7H3/t19-,20-,21-,22-,23-,25-,26+/m0/s1. The molecular formula is C26H44O3Si. The molecule has 0 aromatic heterocycles. The molecule has 0 amide bonds. The molecule has 0 heterocycles. The van der Waals surface area contributed by atoms with E-state index in [9.17, 15) is 9.90 Å². The number of ketones is 1. The van der Waals surface area contributed by atoms with Crippen LogP contribution >= 0.6 is 0 Å². The second kappa shape index (κ2) is 7.28. The maximum absolute atomic E-state index is 13.1. The van der Waals surface area contributed by atoms with Gasteiger partial charge in [0.2, 0.25) is 0 Å². The third kappa shape index (κ3) is 3.23. The number of fused-ring (bicyclic) bond motifs is 5. The molecule has 0 aromatic rings. The molecule has 4 rings (SSSR count). The molecule has 0 spiro atoms. The van der Waals surface area contributed by atoms with Gasteiger partial charge in [0, 0.05) is 0 Å². The highest BCUT2D eigenvalue weighted by atomic mass is 28.4. The van der Waals surface area contributed by atoms with Crippen LogP contribution in [0.1, 0.15) is 86.0 Å². The number of carbonyl (C=O) groups is 1. The first-order valence-corrected chi connectivity index (χ1v) is 15.3. The summed E-state index contributed by atoms with van der Waals surface area (Å²) in [5.74, 6) is 2.07. The Morgan fingerprint density at radius 3 is 2.47 bits per heavy atom. The molecule has 170 valence electrons. The Bertz CT molecular complexity index is 735. The number of aliphatic hydroxyl groups is 1. The van der Waals surface area contributed by atoms with Gasteiger partial charge in [-0.05, 0) is 99.6 Å². The zero-order valence-corrected chi connectivity index (χ0v) is 21.4. The molecule has 3 fully saturated rings. The first kappa shape index (κ1) is 22.7. The van der Waals surface area contributed by atoms with Crippen molar-refractivity contribution in [3.63, 3.8) is 0 Å². The molecule has 0 radical (unpaired) electrons. The van der Waals surface area contributed by atoms with E-state index >= 15 is 0 Å². The molecule has 4 aliphatic carbocycles. The van der Waals surface area contributed by atoms with E-state index in [1.807, 2.05) is 6.92 Å². The lowest BCUT2D eigenvalue weighted by Gasteiger charge is -2.58. The number of aliphatic hydroxyl groups excluding tert-OH is 1. The van der Waals surface area contributed by atoms with Gasteiger partial charge in [-0.3, -0.25) is 4.79 Å². The molecule has 3 nitrogen and oxygen atoms in total. The average molecular weight is 433 g/mol. The van der Waals surface area contributed by atoms with Crippen LogP contribution in [0, 0.1) is 28.6 Å². The normalized spacial score (nSPS) is 44.0. The Morgan fingerprint density at radius 2 is 1.83 bits per heavy atom. The summed E-state index contributed by atoms with van der Waals surface area (Å²) in [6.07, 6.45) is 10.7. The van der Waals surface area contributed by atoms with Crippen LogP contribution in [0.3, 0.4) is 0 Å². The van der Waals surface area contributed by atoms with Gasteiger partial charge in [0.1, 0.15) is 5.78 Å². The van der Waals surface area contributed by atoms with Crippen LogP contribution in [0.5, 0.6) is 0 Å². The Kier molecular flexibility index (Phi) is 5.52. The van der Waals surface area contributed by atoms with E-state index in [0.717, 1.165) is 25.7 Å². The number of hydrogen-bond acceptors (Lipinski definition) is 3. The summed E-state index contributed by atoms with van der Waals surface area (Å²) in [6, 6.07) is 0. The largest absolute Gasteiger partial charge is 0.413 e. The van der Waals surface area contributed by atoms with Gasteiger partial charge < -0.3 is 9.53 Å². The molecule has 0 saturated heterocycles.